The average molecular weight is 297 g/mol. The van der Waals surface area contributed by atoms with Gasteiger partial charge >= 0.3 is 0 Å². The van der Waals surface area contributed by atoms with E-state index in [0.717, 1.165) is 4.90 Å². The minimum atomic E-state index is -0.460. The average Bonchev–Trinajstić information content (AvgIpc) is 2.67. The van der Waals surface area contributed by atoms with E-state index in [1.807, 2.05) is 12.1 Å². The van der Waals surface area contributed by atoms with Crippen LogP contribution < -0.4 is 4.90 Å². The second-order valence-corrected chi connectivity index (χ2v) is 6.36. The first kappa shape index (κ1) is 13.9. The van der Waals surface area contributed by atoms with Crippen LogP contribution in [0.5, 0.6) is 0 Å². The van der Waals surface area contributed by atoms with Gasteiger partial charge in [0.2, 0.25) is 0 Å². The number of fused-ring (bicyclic) bond motifs is 1. The number of carbonyl (C=O) groups excluding carboxylic acids is 2. The Morgan fingerprint density at radius 2 is 1.76 bits per heavy atom. The van der Waals surface area contributed by atoms with Gasteiger partial charge in [-0.2, -0.15) is 0 Å². The largest absolute Gasteiger partial charge is 0.308 e. The number of aryl methyl sites for hydroxylation is 2. The maximum atomic E-state index is 11.8. The first-order valence-electron chi connectivity index (χ1n) is 6.69. The molecule has 0 saturated carbocycles. The summed E-state index contributed by atoms with van der Waals surface area (Å²) in [5, 5.41) is 0. The van der Waals surface area contributed by atoms with Crippen LogP contribution in [0.25, 0.3) is 0 Å². The summed E-state index contributed by atoms with van der Waals surface area (Å²) in [5.41, 5.74) is 3.65. The molecular weight excluding hydrogens is 282 g/mol. The molecule has 106 valence electrons. The molecule has 4 heteroatoms. The maximum Gasteiger partial charge on any atom is 0.299 e. The van der Waals surface area contributed by atoms with E-state index in [0.29, 0.717) is 11.3 Å². The van der Waals surface area contributed by atoms with Crippen molar-refractivity contribution in [2.75, 3.05) is 11.9 Å². The van der Waals surface area contributed by atoms with Crippen molar-refractivity contribution >= 4 is 29.1 Å². The summed E-state index contributed by atoms with van der Waals surface area (Å²) in [5.74, 6) is -0.880. The third-order valence-electron chi connectivity index (χ3n) is 3.63. The molecule has 2 aromatic rings. The fourth-order valence-electron chi connectivity index (χ4n) is 2.46. The highest BCUT2D eigenvalue weighted by Gasteiger charge is 2.33. The predicted octanol–water partition coefficient (Wildman–Crippen LogP) is 3.61. The third-order valence-corrected chi connectivity index (χ3v) is 4.80. The fraction of sp³-hybridized carbons (Fsp3) is 0.176. The van der Waals surface area contributed by atoms with Crippen LogP contribution in [0.2, 0.25) is 0 Å². The van der Waals surface area contributed by atoms with Crippen LogP contribution in [0.3, 0.4) is 0 Å². The van der Waals surface area contributed by atoms with E-state index < -0.39 is 11.7 Å². The summed E-state index contributed by atoms with van der Waals surface area (Å²) in [6, 6.07) is 11.9. The standard InChI is InChI=1S/C17H15NO2S/c1-10-4-7-15(11(2)8-10)21-12-5-6-13-14(9-12)18(3)17(20)16(13)19/h4-9H,1-3H3. The molecule has 0 atom stereocenters. The zero-order chi connectivity index (χ0) is 15.1. The number of likely N-dealkylation sites (N-methyl/N-ethyl adjacent to an activating group) is 1. The minimum Gasteiger partial charge on any atom is -0.308 e. The first-order valence-corrected chi connectivity index (χ1v) is 7.50. The SMILES string of the molecule is Cc1ccc(Sc2ccc3c(c2)N(C)C(=O)C3=O)c(C)c1. The van der Waals surface area contributed by atoms with Crippen molar-refractivity contribution in [1.82, 2.24) is 0 Å². The summed E-state index contributed by atoms with van der Waals surface area (Å²) >= 11 is 1.64. The molecule has 1 heterocycles. The van der Waals surface area contributed by atoms with Gasteiger partial charge in [-0.25, -0.2) is 0 Å². The zero-order valence-electron chi connectivity index (χ0n) is 12.1. The smallest absolute Gasteiger partial charge is 0.299 e. The Balaban J connectivity index is 1.95. The van der Waals surface area contributed by atoms with Crippen molar-refractivity contribution in [2.45, 2.75) is 23.6 Å². The molecule has 0 aromatic heterocycles. The summed E-state index contributed by atoms with van der Waals surface area (Å²) in [6.45, 7) is 4.16. The number of anilines is 1. The van der Waals surface area contributed by atoms with Crippen LogP contribution in [0.1, 0.15) is 21.5 Å². The molecule has 0 radical (unpaired) electrons. The van der Waals surface area contributed by atoms with E-state index in [1.165, 1.54) is 20.9 Å². The van der Waals surface area contributed by atoms with Gasteiger partial charge in [-0.1, -0.05) is 29.5 Å². The van der Waals surface area contributed by atoms with Gasteiger partial charge in [0.05, 0.1) is 11.3 Å². The highest BCUT2D eigenvalue weighted by Crippen LogP contribution is 2.36. The van der Waals surface area contributed by atoms with Gasteiger partial charge in [-0.3, -0.25) is 9.59 Å². The molecule has 0 bridgehead atoms. The van der Waals surface area contributed by atoms with Crippen LogP contribution in [0.15, 0.2) is 46.2 Å². The van der Waals surface area contributed by atoms with Gasteiger partial charge in [0.25, 0.3) is 11.7 Å². The normalized spacial score (nSPS) is 13.8. The van der Waals surface area contributed by atoms with Crippen molar-refractivity contribution in [2.24, 2.45) is 0 Å². The number of hydrogen-bond donors (Lipinski definition) is 0. The molecule has 0 saturated heterocycles. The number of hydrogen-bond acceptors (Lipinski definition) is 3. The summed E-state index contributed by atoms with van der Waals surface area (Å²) in [4.78, 5) is 27.1. The fourth-order valence-corrected chi connectivity index (χ4v) is 3.38. The lowest BCUT2D eigenvalue weighted by molar-refractivity contribution is -0.114. The molecule has 0 spiro atoms. The molecule has 3 rings (SSSR count). The number of amides is 1. The monoisotopic (exact) mass is 297 g/mol. The maximum absolute atomic E-state index is 11.8. The third kappa shape index (κ3) is 2.36. The molecule has 1 amide bonds. The number of ketones is 1. The Bertz CT molecular complexity index is 767. The Morgan fingerprint density at radius 1 is 1.00 bits per heavy atom. The molecule has 1 aliphatic rings. The van der Waals surface area contributed by atoms with E-state index in [1.54, 1.807) is 24.9 Å². The van der Waals surface area contributed by atoms with Gasteiger partial charge in [0.1, 0.15) is 0 Å². The van der Waals surface area contributed by atoms with Crippen molar-refractivity contribution in [3.63, 3.8) is 0 Å². The molecule has 0 aliphatic carbocycles. The van der Waals surface area contributed by atoms with Gasteiger partial charge < -0.3 is 4.90 Å². The molecule has 0 unspecified atom stereocenters. The predicted molar refractivity (Wildman–Crippen MR) is 84.2 cm³/mol. The molecule has 2 aromatic carbocycles. The van der Waals surface area contributed by atoms with Gasteiger partial charge in [-0.15, -0.1) is 0 Å². The number of Topliss-reactive ketones (excluding diaryl/α,β-unsaturated/α-hetero) is 1. The lowest BCUT2D eigenvalue weighted by Crippen LogP contribution is -2.24. The Morgan fingerprint density at radius 3 is 2.48 bits per heavy atom. The van der Waals surface area contributed by atoms with Crippen LogP contribution in [-0.4, -0.2) is 18.7 Å². The van der Waals surface area contributed by atoms with Crippen molar-refractivity contribution in [3.05, 3.63) is 53.1 Å². The highest BCUT2D eigenvalue weighted by atomic mass is 32.2. The van der Waals surface area contributed by atoms with Crippen molar-refractivity contribution in [3.8, 4) is 0 Å². The van der Waals surface area contributed by atoms with Crippen molar-refractivity contribution in [1.29, 1.82) is 0 Å². The van der Waals surface area contributed by atoms with E-state index >= 15 is 0 Å². The number of nitrogens with zero attached hydrogens (tertiary/aromatic N) is 1. The molecular formula is C17H15NO2S. The zero-order valence-corrected chi connectivity index (χ0v) is 13.0. The summed E-state index contributed by atoms with van der Waals surface area (Å²) in [6.07, 6.45) is 0. The molecule has 0 N–H and O–H groups in total. The Kier molecular flexibility index (Phi) is 3.33. The lowest BCUT2D eigenvalue weighted by atomic mass is 10.1. The summed E-state index contributed by atoms with van der Waals surface area (Å²) in [7, 11) is 1.64. The van der Waals surface area contributed by atoms with Crippen molar-refractivity contribution < 1.29 is 9.59 Å². The van der Waals surface area contributed by atoms with Crippen LogP contribution in [-0.2, 0) is 4.79 Å². The van der Waals surface area contributed by atoms with E-state index in [-0.39, 0.29) is 0 Å². The number of rotatable bonds is 2. The van der Waals surface area contributed by atoms with E-state index in [2.05, 4.69) is 32.0 Å². The first-order chi connectivity index (χ1) is 9.97. The quantitative estimate of drug-likeness (QED) is 0.795. The molecule has 21 heavy (non-hydrogen) atoms. The Labute approximate surface area is 128 Å². The number of carbonyl (C=O) groups is 2. The van der Waals surface area contributed by atoms with Gasteiger partial charge in [0.15, 0.2) is 0 Å². The van der Waals surface area contributed by atoms with Crippen LogP contribution >= 0.6 is 11.8 Å². The van der Waals surface area contributed by atoms with E-state index in [9.17, 15) is 9.59 Å². The van der Waals surface area contributed by atoms with Gasteiger partial charge in [-0.05, 0) is 43.7 Å². The van der Waals surface area contributed by atoms with E-state index in [4.69, 9.17) is 0 Å². The van der Waals surface area contributed by atoms with Gasteiger partial charge in [0, 0.05) is 16.8 Å². The topological polar surface area (TPSA) is 37.4 Å². The number of benzene rings is 2. The Hall–Kier alpha value is -2.07. The highest BCUT2D eigenvalue weighted by molar-refractivity contribution is 7.99. The molecule has 3 nitrogen and oxygen atoms in total. The lowest BCUT2D eigenvalue weighted by Gasteiger charge is -2.11. The second-order valence-electron chi connectivity index (χ2n) is 5.24. The summed E-state index contributed by atoms with van der Waals surface area (Å²) < 4.78 is 0. The minimum absolute atomic E-state index is 0.421. The second kappa shape index (κ2) is 5.04. The molecule has 1 aliphatic heterocycles. The molecule has 0 fully saturated rings. The van der Waals surface area contributed by atoms with Crippen LogP contribution in [0, 0.1) is 13.8 Å². The van der Waals surface area contributed by atoms with Crippen LogP contribution in [0.4, 0.5) is 5.69 Å².